The van der Waals surface area contributed by atoms with Crippen LogP contribution in [0.4, 0.5) is 0 Å². The second-order valence-electron chi connectivity index (χ2n) is 12.6. The molecule has 1 saturated heterocycles. The van der Waals surface area contributed by atoms with Gasteiger partial charge in [-0.05, 0) is 42.2 Å². The molecule has 5 rings (SSSR count). The lowest BCUT2D eigenvalue weighted by Gasteiger charge is -2.41. The number of nitrogens with zero attached hydrogens (tertiary/aromatic N) is 3. The van der Waals surface area contributed by atoms with Gasteiger partial charge in [-0.1, -0.05) is 93.9 Å². The number of Topliss-reactive ketones (excluding diaryl/α,β-unsaturated/α-hetero) is 1. The van der Waals surface area contributed by atoms with Gasteiger partial charge in [0.2, 0.25) is 11.7 Å². The fourth-order valence-corrected chi connectivity index (χ4v) is 7.29. The minimum atomic E-state index is -0.584. The van der Waals surface area contributed by atoms with Crippen LogP contribution in [0.15, 0.2) is 47.1 Å². The molecule has 2 fully saturated rings. The molecule has 2 heterocycles. The van der Waals surface area contributed by atoms with E-state index in [-0.39, 0.29) is 41.1 Å². The third-order valence-electron chi connectivity index (χ3n) is 10.2. The van der Waals surface area contributed by atoms with E-state index in [1.165, 1.54) is 34.7 Å². The van der Waals surface area contributed by atoms with Crippen molar-refractivity contribution in [2.24, 2.45) is 17.8 Å². The Bertz CT molecular complexity index is 1240. The van der Waals surface area contributed by atoms with Gasteiger partial charge in [0.05, 0.1) is 12.2 Å². The molecule has 1 saturated carbocycles. The van der Waals surface area contributed by atoms with Crippen LogP contribution in [0.25, 0.3) is 6.08 Å². The molecule has 3 aliphatic rings. The van der Waals surface area contributed by atoms with Crippen molar-refractivity contribution in [3.05, 3.63) is 59.5 Å². The fraction of sp³-hybridized carbons (Fsp3) is 0.588. The quantitative estimate of drug-likeness (QED) is 0.341. The Morgan fingerprint density at radius 1 is 1.10 bits per heavy atom. The molecule has 2 aromatic rings. The molecule has 1 aliphatic heterocycles. The Hall–Kier alpha value is -3.22. The van der Waals surface area contributed by atoms with Gasteiger partial charge in [0.25, 0.3) is 5.91 Å². The van der Waals surface area contributed by atoms with Crippen LogP contribution in [0.3, 0.4) is 0 Å². The van der Waals surface area contributed by atoms with E-state index in [9.17, 15) is 14.4 Å². The molecule has 0 unspecified atom stereocenters. The standard InChI is InChI=1S/C34H45N3O4/c1-4-24(2)27(32(39)37-20-17-34(18-21-37)16-14-26-12-8-9-13-28(26)34)23-30(38)29(22-25-10-6-5-7-11-25)36(3)33(40)31-15-19-35-41-31/h8-9,12-16,19,24-25,27,29H,4-7,10-11,17-18,20-23H2,1-3H3/t24-,27-,29-/m0/s1. The summed E-state index contributed by atoms with van der Waals surface area (Å²) < 4.78 is 5.13. The number of amides is 2. The van der Waals surface area contributed by atoms with Crippen molar-refractivity contribution in [3.63, 3.8) is 0 Å². The molecule has 1 spiro atoms. The summed E-state index contributed by atoms with van der Waals surface area (Å²) in [7, 11) is 1.69. The molecule has 0 N–H and O–H groups in total. The Morgan fingerprint density at radius 2 is 1.83 bits per heavy atom. The van der Waals surface area contributed by atoms with Crippen LogP contribution in [-0.2, 0) is 15.0 Å². The number of allylic oxidation sites excluding steroid dienone is 1. The van der Waals surface area contributed by atoms with Crippen LogP contribution in [0.2, 0.25) is 0 Å². The van der Waals surface area contributed by atoms with Crippen LogP contribution in [0.5, 0.6) is 0 Å². The maximum atomic E-state index is 14.1. The zero-order chi connectivity index (χ0) is 29.0. The van der Waals surface area contributed by atoms with Crippen molar-refractivity contribution in [1.82, 2.24) is 15.0 Å². The highest BCUT2D eigenvalue weighted by atomic mass is 16.5. The summed E-state index contributed by atoms with van der Waals surface area (Å²) >= 11 is 0. The van der Waals surface area contributed by atoms with Gasteiger partial charge in [-0.15, -0.1) is 0 Å². The highest BCUT2D eigenvalue weighted by Gasteiger charge is 2.42. The zero-order valence-electron chi connectivity index (χ0n) is 24.9. The highest BCUT2D eigenvalue weighted by molar-refractivity contribution is 5.97. The number of aromatic nitrogens is 1. The van der Waals surface area contributed by atoms with Gasteiger partial charge in [-0.2, -0.15) is 0 Å². The SMILES string of the molecule is CC[C@H](C)[C@H](CC(=O)[C@H](CC1CCCCC1)N(C)C(=O)c1ccno1)C(=O)N1CCC2(C=Cc3ccccc32)CC1. The van der Waals surface area contributed by atoms with Crippen LogP contribution >= 0.6 is 0 Å². The van der Waals surface area contributed by atoms with Crippen molar-refractivity contribution in [1.29, 1.82) is 0 Å². The summed E-state index contributed by atoms with van der Waals surface area (Å²) in [5.41, 5.74) is 2.65. The van der Waals surface area contributed by atoms with E-state index in [0.717, 1.165) is 44.9 Å². The number of hydrogen-bond acceptors (Lipinski definition) is 5. The average molecular weight is 560 g/mol. The van der Waals surface area contributed by atoms with Gasteiger partial charge in [0.15, 0.2) is 5.78 Å². The van der Waals surface area contributed by atoms with Crippen molar-refractivity contribution >= 4 is 23.7 Å². The molecular formula is C34H45N3O4. The van der Waals surface area contributed by atoms with Crippen molar-refractivity contribution in [2.75, 3.05) is 20.1 Å². The van der Waals surface area contributed by atoms with Crippen molar-refractivity contribution < 1.29 is 18.9 Å². The van der Waals surface area contributed by atoms with Gasteiger partial charge >= 0.3 is 0 Å². The number of carbonyl (C=O) groups is 3. The predicted octanol–water partition coefficient (Wildman–Crippen LogP) is 6.29. The maximum Gasteiger partial charge on any atom is 0.292 e. The van der Waals surface area contributed by atoms with Gasteiger partial charge in [-0.3, -0.25) is 14.4 Å². The molecule has 0 radical (unpaired) electrons. The molecule has 220 valence electrons. The predicted molar refractivity (Wildman–Crippen MR) is 159 cm³/mol. The summed E-state index contributed by atoms with van der Waals surface area (Å²) in [6.07, 6.45) is 15.1. The third kappa shape index (κ3) is 6.19. The van der Waals surface area contributed by atoms with Crippen LogP contribution in [0.1, 0.15) is 99.7 Å². The topological polar surface area (TPSA) is 83.7 Å². The third-order valence-corrected chi connectivity index (χ3v) is 10.2. The number of rotatable bonds is 10. The lowest BCUT2D eigenvalue weighted by Crippen LogP contribution is -2.49. The number of likely N-dealkylation sites (tertiary alicyclic amines) is 1. The number of piperidine rings is 1. The van der Waals surface area contributed by atoms with E-state index in [1.807, 2.05) is 4.90 Å². The smallest absolute Gasteiger partial charge is 0.292 e. The number of benzene rings is 1. The molecule has 2 amide bonds. The first-order valence-electron chi connectivity index (χ1n) is 15.6. The lowest BCUT2D eigenvalue weighted by atomic mass is 9.74. The average Bonchev–Trinajstić information content (AvgIpc) is 3.67. The second kappa shape index (κ2) is 12.7. The highest BCUT2D eigenvalue weighted by Crippen LogP contribution is 2.44. The number of ketones is 1. The first-order valence-corrected chi connectivity index (χ1v) is 15.6. The van der Waals surface area contributed by atoms with E-state index in [4.69, 9.17) is 4.52 Å². The molecule has 41 heavy (non-hydrogen) atoms. The zero-order valence-corrected chi connectivity index (χ0v) is 24.9. The van der Waals surface area contributed by atoms with Crippen LogP contribution in [0, 0.1) is 17.8 Å². The van der Waals surface area contributed by atoms with Gasteiger partial charge in [0.1, 0.15) is 0 Å². The Kier molecular flexibility index (Phi) is 9.10. The Morgan fingerprint density at radius 3 is 2.51 bits per heavy atom. The molecule has 0 bridgehead atoms. The largest absolute Gasteiger partial charge is 0.351 e. The number of carbonyl (C=O) groups excluding carboxylic acids is 3. The minimum absolute atomic E-state index is 0.00390. The van der Waals surface area contributed by atoms with E-state index in [2.05, 4.69) is 55.4 Å². The van der Waals surface area contributed by atoms with Gasteiger partial charge in [0, 0.05) is 44.0 Å². The number of hydrogen-bond donors (Lipinski definition) is 0. The first-order chi connectivity index (χ1) is 19.8. The summed E-state index contributed by atoms with van der Waals surface area (Å²) in [4.78, 5) is 44.9. The molecule has 1 aromatic heterocycles. The molecule has 3 atom stereocenters. The van der Waals surface area contributed by atoms with Gasteiger partial charge in [-0.25, -0.2) is 0 Å². The van der Waals surface area contributed by atoms with E-state index in [0.29, 0.717) is 25.4 Å². The summed E-state index contributed by atoms with van der Waals surface area (Å²) in [5, 5.41) is 3.68. The summed E-state index contributed by atoms with van der Waals surface area (Å²) in [6, 6.07) is 9.51. The van der Waals surface area contributed by atoms with E-state index >= 15 is 0 Å². The Labute approximate surface area is 244 Å². The summed E-state index contributed by atoms with van der Waals surface area (Å²) in [5.74, 6) is -0.0663. The molecule has 7 nitrogen and oxygen atoms in total. The minimum Gasteiger partial charge on any atom is -0.351 e. The number of fused-ring (bicyclic) bond motifs is 2. The van der Waals surface area contributed by atoms with Crippen molar-refractivity contribution in [3.8, 4) is 0 Å². The van der Waals surface area contributed by atoms with Crippen LogP contribution in [-0.4, -0.2) is 58.7 Å². The summed E-state index contributed by atoms with van der Waals surface area (Å²) in [6.45, 7) is 5.54. The molecule has 2 aliphatic carbocycles. The second-order valence-corrected chi connectivity index (χ2v) is 12.6. The normalized spacial score (nSPS) is 20.4. The van der Waals surface area contributed by atoms with Crippen molar-refractivity contribution in [2.45, 2.75) is 89.5 Å². The first kappa shape index (κ1) is 29.3. The fourth-order valence-electron chi connectivity index (χ4n) is 7.29. The monoisotopic (exact) mass is 559 g/mol. The molecular weight excluding hydrogens is 514 g/mol. The lowest BCUT2D eigenvalue weighted by molar-refractivity contribution is -0.142. The maximum absolute atomic E-state index is 14.1. The molecule has 1 aromatic carbocycles. The Balaban J connectivity index is 1.30. The van der Waals surface area contributed by atoms with E-state index < -0.39 is 12.0 Å². The van der Waals surface area contributed by atoms with Crippen LogP contribution < -0.4 is 0 Å². The molecule has 7 heteroatoms. The number of likely N-dealkylation sites (N-methyl/N-ethyl adjacent to an activating group) is 1. The van der Waals surface area contributed by atoms with E-state index in [1.54, 1.807) is 7.05 Å². The van der Waals surface area contributed by atoms with Gasteiger partial charge < -0.3 is 14.3 Å².